The van der Waals surface area contributed by atoms with Crippen molar-refractivity contribution in [2.24, 2.45) is 0 Å². The normalized spacial score (nSPS) is 14.9. The fourth-order valence-corrected chi connectivity index (χ4v) is 2.12. The van der Waals surface area contributed by atoms with Gasteiger partial charge in [-0.05, 0) is 36.5 Å². The molecule has 1 rings (SSSR count). The summed E-state index contributed by atoms with van der Waals surface area (Å²) in [7, 11) is 0. The molecule has 0 radical (unpaired) electrons. The maximum absolute atomic E-state index is 9.43. The third-order valence-corrected chi connectivity index (χ3v) is 3.07. The minimum atomic E-state index is -0.617. The molecule has 0 amide bonds. The molecule has 0 saturated heterocycles. The highest BCUT2D eigenvalue weighted by Crippen LogP contribution is 2.26. The van der Waals surface area contributed by atoms with E-state index in [1.165, 1.54) is 5.56 Å². The standard InChI is InChI=1S/C12H17BrO2/c1-2-9(7-12(15)8-14)10-4-3-5-11(13)6-10/h3-6,9,12,14-15H,2,7-8H2,1H3. The molecule has 2 atom stereocenters. The Labute approximate surface area is 99.1 Å². The molecule has 2 nitrogen and oxygen atoms in total. The van der Waals surface area contributed by atoms with Gasteiger partial charge in [0.2, 0.25) is 0 Å². The molecule has 0 aromatic heterocycles. The highest BCUT2D eigenvalue weighted by atomic mass is 79.9. The Kier molecular flexibility index (Phi) is 5.29. The molecule has 0 heterocycles. The van der Waals surface area contributed by atoms with Crippen LogP contribution < -0.4 is 0 Å². The average Bonchev–Trinajstić information content (AvgIpc) is 2.25. The van der Waals surface area contributed by atoms with Crippen molar-refractivity contribution >= 4 is 15.9 Å². The Morgan fingerprint density at radius 1 is 1.40 bits per heavy atom. The first-order valence-corrected chi connectivity index (χ1v) is 6.01. The Hall–Kier alpha value is -0.380. The maximum Gasteiger partial charge on any atom is 0.0776 e. The number of aliphatic hydroxyl groups excluding tert-OH is 2. The zero-order valence-corrected chi connectivity index (χ0v) is 10.4. The van der Waals surface area contributed by atoms with Gasteiger partial charge in [0.15, 0.2) is 0 Å². The van der Waals surface area contributed by atoms with Crippen LogP contribution in [0, 0.1) is 0 Å². The van der Waals surface area contributed by atoms with Gasteiger partial charge in [-0.25, -0.2) is 0 Å². The number of benzene rings is 1. The maximum atomic E-state index is 9.43. The van der Waals surface area contributed by atoms with Gasteiger partial charge in [-0.1, -0.05) is 35.0 Å². The number of hydrogen-bond acceptors (Lipinski definition) is 2. The smallest absolute Gasteiger partial charge is 0.0776 e. The second kappa shape index (κ2) is 6.26. The SMILES string of the molecule is CCC(CC(O)CO)c1cccc(Br)c1. The summed E-state index contributed by atoms with van der Waals surface area (Å²) in [5.74, 6) is 0.310. The van der Waals surface area contributed by atoms with E-state index in [9.17, 15) is 5.11 Å². The molecule has 0 fully saturated rings. The molecule has 0 saturated carbocycles. The summed E-state index contributed by atoms with van der Waals surface area (Å²) >= 11 is 3.43. The van der Waals surface area contributed by atoms with Crippen molar-refractivity contribution in [2.75, 3.05) is 6.61 Å². The van der Waals surface area contributed by atoms with Gasteiger partial charge in [-0.15, -0.1) is 0 Å². The molecular formula is C12H17BrO2. The fourth-order valence-electron chi connectivity index (χ4n) is 1.70. The topological polar surface area (TPSA) is 40.5 Å². The Balaban J connectivity index is 2.73. The molecule has 1 aromatic rings. The van der Waals surface area contributed by atoms with E-state index < -0.39 is 6.10 Å². The Morgan fingerprint density at radius 3 is 2.67 bits per heavy atom. The van der Waals surface area contributed by atoms with Crippen molar-refractivity contribution in [1.82, 2.24) is 0 Å². The van der Waals surface area contributed by atoms with Gasteiger partial charge in [0.05, 0.1) is 12.7 Å². The first-order chi connectivity index (χ1) is 7.17. The van der Waals surface area contributed by atoms with Crippen molar-refractivity contribution in [3.05, 3.63) is 34.3 Å². The molecule has 0 aliphatic heterocycles. The second-order valence-corrected chi connectivity index (χ2v) is 4.65. The third-order valence-electron chi connectivity index (χ3n) is 2.58. The van der Waals surface area contributed by atoms with E-state index in [1.54, 1.807) is 0 Å². The van der Waals surface area contributed by atoms with Gasteiger partial charge >= 0.3 is 0 Å². The minimum absolute atomic E-state index is 0.162. The lowest BCUT2D eigenvalue weighted by Gasteiger charge is -2.18. The summed E-state index contributed by atoms with van der Waals surface area (Å²) in [6.07, 6.45) is 0.964. The van der Waals surface area contributed by atoms with Crippen LogP contribution in [0.2, 0.25) is 0 Å². The first kappa shape index (κ1) is 12.7. The van der Waals surface area contributed by atoms with E-state index in [1.807, 2.05) is 12.1 Å². The van der Waals surface area contributed by atoms with Crippen LogP contribution in [-0.2, 0) is 0 Å². The predicted octanol–water partition coefficient (Wildman–Crippen LogP) is 2.69. The van der Waals surface area contributed by atoms with E-state index in [0.29, 0.717) is 12.3 Å². The molecule has 0 bridgehead atoms. The quantitative estimate of drug-likeness (QED) is 0.866. The largest absolute Gasteiger partial charge is 0.394 e. The molecular weight excluding hydrogens is 256 g/mol. The number of halogens is 1. The van der Waals surface area contributed by atoms with Gasteiger partial charge in [-0.3, -0.25) is 0 Å². The summed E-state index contributed by atoms with van der Waals surface area (Å²) < 4.78 is 1.05. The molecule has 3 heteroatoms. The predicted molar refractivity (Wildman–Crippen MR) is 64.9 cm³/mol. The molecule has 2 unspecified atom stereocenters. The monoisotopic (exact) mass is 272 g/mol. The molecule has 15 heavy (non-hydrogen) atoms. The van der Waals surface area contributed by atoms with E-state index in [-0.39, 0.29) is 6.61 Å². The van der Waals surface area contributed by atoms with Gasteiger partial charge in [0.1, 0.15) is 0 Å². The van der Waals surface area contributed by atoms with Crippen LogP contribution in [0.1, 0.15) is 31.2 Å². The lowest BCUT2D eigenvalue weighted by Crippen LogP contribution is -2.16. The number of aliphatic hydroxyl groups is 2. The highest BCUT2D eigenvalue weighted by molar-refractivity contribution is 9.10. The molecule has 0 spiro atoms. The molecule has 84 valence electrons. The van der Waals surface area contributed by atoms with Crippen molar-refractivity contribution in [3.63, 3.8) is 0 Å². The zero-order valence-electron chi connectivity index (χ0n) is 8.86. The van der Waals surface area contributed by atoms with E-state index in [4.69, 9.17) is 5.11 Å². The lowest BCUT2D eigenvalue weighted by molar-refractivity contribution is 0.0817. The summed E-state index contributed by atoms with van der Waals surface area (Å²) in [6, 6.07) is 8.10. The van der Waals surface area contributed by atoms with Crippen molar-refractivity contribution in [2.45, 2.75) is 31.8 Å². The van der Waals surface area contributed by atoms with Gasteiger partial charge in [-0.2, -0.15) is 0 Å². The summed E-state index contributed by atoms with van der Waals surface area (Å²) in [4.78, 5) is 0. The first-order valence-electron chi connectivity index (χ1n) is 5.21. The Morgan fingerprint density at radius 2 is 2.13 bits per heavy atom. The fraction of sp³-hybridized carbons (Fsp3) is 0.500. The molecule has 1 aromatic carbocycles. The number of hydrogen-bond donors (Lipinski definition) is 2. The summed E-state index contributed by atoms with van der Waals surface area (Å²) in [5, 5.41) is 18.2. The van der Waals surface area contributed by atoms with Crippen LogP contribution in [0.3, 0.4) is 0 Å². The van der Waals surface area contributed by atoms with Crippen LogP contribution in [0.4, 0.5) is 0 Å². The minimum Gasteiger partial charge on any atom is -0.394 e. The van der Waals surface area contributed by atoms with Crippen LogP contribution in [-0.4, -0.2) is 22.9 Å². The number of rotatable bonds is 5. The molecule has 0 aliphatic rings. The third kappa shape index (κ3) is 3.93. The average molecular weight is 273 g/mol. The lowest BCUT2D eigenvalue weighted by atomic mass is 9.91. The van der Waals surface area contributed by atoms with Crippen molar-refractivity contribution in [3.8, 4) is 0 Å². The van der Waals surface area contributed by atoms with Crippen molar-refractivity contribution < 1.29 is 10.2 Å². The van der Waals surface area contributed by atoms with Crippen LogP contribution in [0.15, 0.2) is 28.7 Å². The molecule has 0 aliphatic carbocycles. The van der Waals surface area contributed by atoms with Crippen LogP contribution in [0.5, 0.6) is 0 Å². The van der Waals surface area contributed by atoms with E-state index in [0.717, 1.165) is 10.9 Å². The summed E-state index contributed by atoms with van der Waals surface area (Å²) in [6.45, 7) is 1.93. The zero-order chi connectivity index (χ0) is 11.3. The molecule has 2 N–H and O–H groups in total. The van der Waals surface area contributed by atoms with Crippen molar-refractivity contribution in [1.29, 1.82) is 0 Å². The van der Waals surface area contributed by atoms with E-state index in [2.05, 4.69) is 35.0 Å². The second-order valence-electron chi connectivity index (χ2n) is 3.73. The van der Waals surface area contributed by atoms with Gasteiger partial charge in [0, 0.05) is 4.47 Å². The van der Waals surface area contributed by atoms with Crippen LogP contribution in [0.25, 0.3) is 0 Å². The van der Waals surface area contributed by atoms with Gasteiger partial charge in [0.25, 0.3) is 0 Å². The van der Waals surface area contributed by atoms with E-state index >= 15 is 0 Å². The highest BCUT2D eigenvalue weighted by Gasteiger charge is 2.14. The Bertz CT molecular complexity index is 301. The van der Waals surface area contributed by atoms with Gasteiger partial charge < -0.3 is 10.2 Å². The summed E-state index contributed by atoms with van der Waals surface area (Å²) in [5.41, 5.74) is 1.21. The van der Waals surface area contributed by atoms with Crippen LogP contribution >= 0.6 is 15.9 Å².